The summed E-state index contributed by atoms with van der Waals surface area (Å²) in [5, 5.41) is 25.1. The van der Waals surface area contributed by atoms with Crippen molar-refractivity contribution in [2.75, 3.05) is 6.61 Å². The van der Waals surface area contributed by atoms with Crippen molar-refractivity contribution in [2.24, 2.45) is 11.1 Å². The van der Waals surface area contributed by atoms with Gasteiger partial charge in [0.25, 0.3) is 0 Å². The van der Waals surface area contributed by atoms with E-state index in [0.29, 0.717) is 6.42 Å². The standard InChI is InChI=1S/C12H24N2O5/c1-5-8(15)9(14-18)10(11(16)7(3)4)13-12(17)19-6-2/h7-11,15-16H,5-6H2,1-4H3,(H,13,17)/t8?,9-,10?,11?/m1/s1. The van der Waals surface area contributed by atoms with Crippen molar-refractivity contribution < 1.29 is 19.7 Å². The Kier molecular flexibility index (Phi) is 8.26. The van der Waals surface area contributed by atoms with E-state index >= 15 is 0 Å². The number of hydrogen-bond acceptors (Lipinski definition) is 6. The molecule has 0 spiro atoms. The molecule has 0 aliphatic rings. The number of hydrogen-bond donors (Lipinski definition) is 3. The molecule has 1 amide bonds. The van der Waals surface area contributed by atoms with Crippen molar-refractivity contribution >= 4 is 6.09 Å². The monoisotopic (exact) mass is 276 g/mol. The second-order valence-electron chi connectivity index (χ2n) is 4.70. The summed E-state index contributed by atoms with van der Waals surface area (Å²) in [5.41, 5.74) is 0. The van der Waals surface area contributed by atoms with Gasteiger partial charge in [-0.2, -0.15) is 4.91 Å². The average Bonchev–Trinajstić information content (AvgIpc) is 2.37. The molecule has 0 saturated carbocycles. The van der Waals surface area contributed by atoms with Gasteiger partial charge in [0.15, 0.2) is 0 Å². The van der Waals surface area contributed by atoms with Crippen molar-refractivity contribution in [3.8, 4) is 0 Å². The number of rotatable bonds is 8. The van der Waals surface area contributed by atoms with Crippen molar-refractivity contribution in [1.29, 1.82) is 0 Å². The summed E-state index contributed by atoms with van der Waals surface area (Å²) in [6, 6.07) is -2.10. The van der Waals surface area contributed by atoms with Gasteiger partial charge in [-0.3, -0.25) is 0 Å². The summed E-state index contributed by atoms with van der Waals surface area (Å²) < 4.78 is 4.72. The van der Waals surface area contributed by atoms with Crippen LogP contribution >= 0.6 is 0 Å². The zero-order chi connectivity index (χ0) is 15.0. The molecular formula is C12H24N2O5. The van der Waals surface area contributed by atoms with E-state index < -0.39 is 30.4 Å². The Bertz CT molecular complexity index is 285. The molecule has 3 unspecified atom stereocenters. The third-order valence-corrected chi connectivity index (χ3v) is 2.91. The number of carbonyl (C=O) groups excluding carboxylic acids is 1. The van der Waals surface area contributed by atoms with Crippen LogP contribution in [0.15, 0.2) is 5.18 Å². The zero-order valence-corrected chi connectivity index (χ0v) is 11.9. The van der Waals surface area contributed by atoms with E-state index in [1.807, 2.05) is 0 Å². The Labute approximate surface area is 113 Å². The lowest BCUT2D eigenvalue weighted by Crippen LogP contribution is -2.55. The van der Waals surface area contributed by atoms with Crippen LogP contribution in [0, 0.1) is 10.8 Å². The van der Waals surface area contributed by atoms with E-state index in [1.165, 1.54) is 0 Å². The fourth-order valence-corrected chi connectivity index (χ4v) is 1.71. The van der Waals surface area contributed by atoms with Crippen LogP contribution in [-0.2, 0) is 4.74 Å². The van der Waals surface area contributed by atoms with Crippen molar-refractivity contribution in [3.63, 3.8) is 0 Å². The van der Waals surface area contributed by atoms with Crippen LogP contribution in [0.5, 0.6) is 0 Å². The molecular weight excluding hydrogens is 252 g/mol. The number of nitrogens with one attached hydrogen (secondary N) is 1. The van der Waals surface area contributed by atoms with E-state index in [9.17, 15) is 19.9 Å². The summed E-state index contributed by atoms with van der Waals surface area (Å²) in [7, 11) is 0. The Balaban J connectivity index is 5.02. The maximum atomic E-state index is 11.4. The first-order chi connectivity index (χ1) is 8.88. The SMILES string of the molecule is CCOC(=O)NC(C(O)C(C)C)[C@H](N=O)C(O)CC. The van der Waals surface area contributed by atoms with Crippen LogP contribution in [0.2, 0.25) is 0 Å². The molecule has 0 aromatic rings. The highest BCUT2D eigenvalue weighted by Crippen LogP contribution is 2.17. The molecule has 0 saturated heterocycles. The van der Waals surface area contributed by atoms with E-state index in [2.05, 4.69) is 10.5 Å². The fraction of sp³-hybridized carbons (Fsp3) is 0.917. The number of nitroso groups, excluding NO2 is 1. The maximum absolute atomic E-state index is 11.4. The molecule has 0 heterocycles. The van der Waals surface area contributed by atoms with E-state index in [0.717, 1.165) is 0 Å². The molecule has 0 aliphatic carbocycles. The average molecular weight is 276 g/mol. The number of aliphatic hydroxyl groups is 2. The van der Waals surface area contributed by atoms with Gasteiger partial charge in [-0.25, -0.2) is 4.79 Å². The van der Waals surface area contributed by atoms with E-state index in [4.69, 9.17) is 4.74 Å². The van der Waals surface area contributed by atoms with Gasteiger partial charge in [0.05, 0.1) is 24.9 Å². The lowest BCUT2D eigenvalue weighted by atomic mass is 9.90. The Morgan fingerprint density at radius 3 is 2.26 bits per heavy atom. The van der Waals surface area contributed by atoms with Crippen LogP contribution in [0.1, 0.15) is 34.1 Å². The lowest BCUT2D eigenvalue weighted by Gasteiger charge is -2.31. The molecule has 0 aromatic heterocycles. The number of aliphatic hydroxyl groups excluding tert-OH is 2. The van der Waals surface area contributed by atoms with Crippen LogP contribution in [0.4, 0.5) is 4.79 Å². The predicted octanol–water partition coefficient (Wildman–Crippen LogP) is 1.02. The number of ether oxygens (including phenoxy) is 1. The second-order valence-corrected chi connectivity index (χ2v) is 4.70. The third kappa shape index (κ3) is 5.52. The molecule has 0 fully saturated rings. The molecule has 0 radical (unpaired) electrons. The normalized spacial score (nSPS) is 17.4. The summed E-state index contributed by atoms with van der Waals surface area (Å²) >= 11 is 0. The minimum atomic E-state index is -1.12. The first kappa shape index (κ1) is 17.8. The van der Waals surface area contributed by atoms with Crippen molar-refractivity contribution in [3.05, 3.63) is 4.91 Å². The molecule has 19 heavy (non-hydrogen) atoms. The number of alkyl carbamates (subject to hydrolysis) is 1. The molecule has 0 aliphatic heterocycles. The quantitative estimate of drug-likeness (QED) is 0.574. The Morgan fingerprint density at radius 2 is 1.89 bits per heavy atom. The van der Waals surface area contributed by atoms with E-state index in [-0.39, 0.29) is 12.5 Å². The summed E-state index contributed by atoms with van der Waals surface area (Å²) in [4.78, 5) is 22.3. The van der Waals surface area contributed by atoms with Crippen LogP contribution in [0.3, 0.4) is 0 Å². The van der Waals surface area contributed by atoms with Gasteiger partial charge in [-0.15, -0.1) is 0 Å². The first-order valence-corrected chi connectivity index (χ1v) is 6.50. The highest BCUT2D eigenvalue weighted by atomic mass is 16.5. The lowest BCUT2D eigenvalue weighted by molar-refractivity contribution is 0.0346. The van der Waals surface area contributed by atoms with Gasteiger partial charge in [0, 0.05) is 0 Å². The molecule has 4 atom stereocenters. The number of amides is 1. The topological polar surface area (TPSA) is 108 Å². The van der Waals surface area contributed by atoms with Crippen LogP contribution in [0.25, 0.3) is 0 Å². The summed E-state index contributed by atoms with van der Waals surface area (Å²) in [5.74, 6) is -0.208. The van der Waals surface area contributed by atoms with Gasteiger partial charge in [-0.05, 0) is 19.3 Å². The van der Waals surface area contributed by atoms with Crippen molar-refractivity contribution in [1.82, 2.24) is 5.32 Å². The largest absolute Gasteiger partial charge is 0.450 e. The second kappa shape index (κ2) is 8.82. The third-order valence-electron chi connectivity index (χ3n) is 2.91. The maximum Gasteiger partial charge on any atom is 0.407 e. The van der Waals surface area contributed by atoms with Gasteiger partial charge >= 0.3 is 6.09 Å². The molecule has 7 heteroatoms. The molecule has 0 rings (SSSR count). The molecule has 7 nitrogen and oxygen atoms in total. The van der Waals surface area contributed by atoms with Gasteiger partial charge in [0.2, 0.25) is 0 Å². The van der Waals surface area contributed by atoms with E-state index in [1.54, 1.807) is 27.7 Å². The summed E-state index contributed by atoms with van der Waals surface area (Å²) in [6.07, 6.45) is -2.49. The minimum Gasteiger partial charge on any atom is -0.450 e. The fourth-order valence-electron chi connectivity index (χ4n) is 1.71. The predicted molar refractivity (Wildman–Crippen MR) is 70.7 cm³/mol. The molecule has 112 valence electrons. The number of carbonyl (C=O) groups is 1. The minimum absolute atomic E-state index is 0.172. The highest BCUT2D eigenvalue weighted by molar-refractivity contribution is 5.67. The molecule has 0 aromatic carbocycles. The first-order valence-electron chi connectivity index (χ1n) is 6.50. The van der Waals surface area contributed by atoms with Gasteiger partial charge in [0.1, 0.15) is 6.04 Å². The van der Waals surface area contributed by atoms with Crippen LogP contribution in [-0.4, -0.2) is 47.2 Å². The van der Waals surface area contributed by atoms with Gasteiger partial charge < -0.3 is 20.3 Å². The Morgan fingerprint density at radius 1 is 1.32 bits per heavy atom. The Hall–Kier alpha value is -1.21. The molecule has 3 N–H and O–H groups in total. The van der Waals surface area contributed by atoms with Crippen molar-refractivity contribution in [2.45, 2.75) is 58.4 Å². The molecule has 0 bridgehead atoms. The van der Waals surface area contributed by atoms with Crippen LogP contribution < -0.4 is 5.32 Å². The highest BCUT2D eigenvalue weighted by Gasteiger charge is 2.36. The van der Waals surface area contributed by atoms with Gasteiger partial charge in [-0.1, -0.05) is 25.9 Å². The zero-order valence-electron chi connectivity index (χ0n) is 11.9. The smallest absolute Gasteiger partial charge is 0.407 e. The number of nitrogens with zero attached hydrogens (tertiary/aromatic N) is 1. The summed E-state index contributed by atoms with van der Waals surface area (Å²) in [6.45, 7) is 6.98.